The summed E-state index contributed by atoms with van der Waals surface area (Å²) in [6, 6.07) is 15.6. The highest BCUT2D eigenvalue weighted by Gasteiger charge is 2.18. The van der Waals surface area contributed by atoms with Gasteiger partial charge in [-0.25, -0.2) is 0 Å². The second-order valence-corrected chi connectivity index (χ2v) is 5.41. The molecule has 130 valence electrons. The Bertz CT molecular complexity index is 879. The summed E-state index contributed by atoms with van der Waals surface area (Å²) in [7, 11) is 0. The second-order valence-electron chi connectivity index (χ2n) is 5.41. The van der Waals surface area contributed by atoms with E-state index >= 15 is 0 Å². The van der Waals surface area contributed by atoms with E-state index in [9.17, 15) is 9.59 Å². The van der Waals surface area contributed by atoms with E-state index in [-0.39, 0.29) is 13.0 Å². The zero-order chi connectivity index (χ0) is 18.9. The van der Waals surface area contributed by atoms with Crippen LogP contribution in [-0.2, 0) is 4.79 Å². The van der Waals surface area contributed by atoms with Crippen LogP contribution >= 0.6 is 0 Å². The number of hydrogen-bond acceptors (Lipinski definition) is 5. The number of carboxylic acids is 1. The van der Waals surface area contributed by atoms with Crippen LogP contribution in [0.4, 0.5) is 0 Å². The largest absolute Gasteiger partial charge is 0.491 e. The summed E-state index contributed by atoms with van der Waals surface area (Å²) >= 11 is 0. The van der Waals surface area contributed by atoms with Gasteiger partial charge in [0.05, 0.1) is 35.7 Å². The molecule has 0 aliphatic carbocycles. The van der Waals surface area contributed by atoms with Crippen molar-refractivity contribution in [2.45, 2.75) is 12.5 Å². The molecule has 0 radical (unpaired) electrons. The summed E-state index contributed by atoms with van der Waals surface area (Å²) in [6.45, 7) is -0.0663. The van der Waals surface area contributed by atoms with E-state index in [4.69, 9.17) is 20.4 Å². The maximum absolute atomic E-state index is 12.3. The predicted octanol–water partition coefficient (Wildman–Crippen LogP) is 2.08. The third-order valence-electron chi connectivity index (χ3n) is 3.45. The van der Waals surface area contributed by atoms with Crippen molar-refractivity contribution in [1.29, 1.82) is 10.5 Å². The van der Waals surface area contributed by atoms with Gasteiger partial charge in [0.1, 0.15) is 12.4 Å². The molecule has 2 aromatic carbocycles. The lowest BCUT2D eigenvalue weighted by atomic mass is 10.1. The van der Waals surface area contributed by atoms with Gasteiger partial charge in [0.25, 0.3) is 5.91 Å². The summed E-state index contributed by atoms with van der Waals surface area (Å²) in [5.41, 5.74) is 1.15. The van der Waals surface area contributed by atoms with E-state index in [0.717, 1.165) is 0 Å². The summed E-state index contributed by atoms with van der Waals surface area (Å²) < 4.78 is 5.51. The number of nitrogens with one attached hydrogen (secondary N) is 1. The molecule has 2 rings (SSSR count). The SMILES string of the molecule is N#Cc1ccc(C(=O)N[C@@H](COc2cccc(C#N)c2)CC(=O)O)cc1. The van der Waals surface area contributed by atoms with E-state index < -0.39 is 17.9 Å². The number of carbonyl (C=O) groups excluding carboxylic acids is 1. The normalized spacial score (nSPS) is 10.8. The highest BCUT2D eigenvalue weighted by atomic mass is 16.5. The van der Waals surface area contributed by atoms with Gasteiger partial charge in [-0.15, -0.1) is 0 Å². The van der Waals surface area contributed by atoms with Crippen molar-refractivity contribution < 1.29 is 19.4 Å². The van der Waals surface area contributed by atoms with E-state index in [1.807, 2.05) is 12.1 Å². The van der Waals surface area contributed by atoms with Crippen molar-refractivity contribution in [2.24, 2.45) is 0 Å². The van der Waals surface area contributed by atoms with Crippen molar-refractivity contribution in [3.05, 3.63) is 65.2 Å². The number of benzene rings is 2. The van der Waals surface area contributed by atoms with Gasteiger partial charge in [-0.3, -0.25) is 9.59 Å². The second kappa shape index (κ2) is 8.86. The molecular weight excluding hydrogens is 334 g/mol. The first-order valence-electron chi connectivity index (χ1n) is 7.67. The quantitative estimate of drug-likeness (QED) is 0.789. The zero-order valence-electron chi connectivity index (χ0n) is 13.7. The van der Waals surface area contributed by atoms with Gasteiger partial charge in [-0.05, 0) is 42.5 Å². The van der Waals surface area contributed by atoms with Crippen LogP contribution in [0.2, 0.25) is 0 Å². The monoisotopic (exact) mass is 349 g/mol. The number of carboxylic acid groups (broad SMARTS) is 1. The highest BCUT2D eigenvalue weighted by molar-refractivity contribution is 5.94. The molecule has 2 aromatic rings. The fourth-order valence-corrected chi connectivity index (χ4v) is 2.18. The molecule has 7 heteroatoms. The topological polar surface area (TPSA) is 123 Å². The van der Waals surface area contributed by atoms with Crippen LogP contribution < -0.4 is 10.1 Å². The van der Waals surface area contributed by atoms with Gasteiger partial charge in [-0.1, -0.05) is 6.07 Å². The smallest absolute Gasteiger partial charge is 0.305 e. The number of ether oxygens (including phenoxy) is 1. The fraction of sp³-hybridized carbons (Fsp3) is 0.158. The van der Waals surface area contributed by atoms with Gasteiger partial charge >= 0.3 is 5.97 Å². The Balaban J connectivity index is 2.03. The molecule has 26 heavy (non-hydrogen) atoms. The van der Waals surface area contributed by atoms with E-state index in [1.165, 1.54) is 30.3 Å². The number of hydrogen-bond donors (Lipinski definition) is 2. The molecule has 1 amide bonds. The lowest BCUT2D eigenvalue weighted by Gasteiger charge is -2.18. The maximum Gasteiger partial charge on any atom is 0.305 e. The Kier molecular flexibility index (Phi) is 6.30. The highest BCUT2D eigenvalue weighted by Crippen LogP contribution is 2.13. The van der Waals surface area contributed by atoms with Gasteiger partial charge in [0.2, 0.25) is 0 Å². The molecule has 0 unspecified atom stereocenters. The number of amides is 1. The molecule has 7 nitrogen and oxygen atoms in total. The first-order valence-corrected chi connectivity index (χ1v) is 7.67. The first-order chi connectivity index (χ1) is 12.5. The van der Waals surface area contributed by atoms with Crippen LogP contribution in [0.5, 0.6) is 5.75 Å². The number of aliphatic carboxylic acids is 1. The van der Waals surface area contributed by atoms with Crippen LogP contribution in [-0.4, -0.2) is 29.6 Å². The molecule has 0 saturated carbocycles. The minimum absolute atomic E-state index is 0.0663. The fourth-order valence-electron chi connectivity index (χ4n) is 2.18. The van der Waals surface area contributed by atoms with E-state index in [1.54, 1.807) is 18.2 Å². The molecule has 0 aliphatic heterocycles. The van der Waals surface area contributed by atoms with Gasteiger partial charge < -0.3 is 15.2 Å². The van der Waals surface area contributed by atoms with Crippen LogP contribution in [0.15, 0.2) is 48.5 Å². The lowest BCUT2D eigenvalue weighted by molar-refractivity contribution is -0.137. The number of rotatable bonds is 7. The molecule has 0 fully saturated rings. The molecular formula is C19H15N3O4. The van der Waals surface area contributed by atoms with Crippen molar-refractivity contribution in [3.8, 4) is 17.9 Å². The maximum atomic E-state index is 12.3. The summed E-state index contributed by atoms with van der Waals surface area (Å²) in [4.78, 5) is 23.3. The van der Waals surface area contributed by atoms with Crippen LogP contribution in [0.3, 0.4) is 0 Å². The van der Waals surface area contributed by atoms with Gasteiger partial charge in [0.15, 0.2) is 0 Å². The molecule has 2 N–H and O–H groups in total. The standard InChI is InChI=1S/C19H15N3O4/c20-10-13-4-6-15(7-5-13)19(25)22-16(9-18(23)24)12-26-17-3-1-2-14(8-17)11-21/h1-8,16H,9,12H2,(H,22,25)(H,23,24)/t16-/m1/s1. The van der Waals surface area contributed by atoms with E-state index in [2.05, 4.69) is 5.32 Å². The molecule has 0 bridgehead atoms. The Morgan fingerprint density at radius 3 is 2.38 bits per heavy atom. The molecule has 0 spiro atoms. The van der Waals surface area contributed by atoms with Crippen molar-refractivity contribution in [3.63, 3.8) is 0 Å². The first kappa shape index (κ1) is 18.5. The van der Waals surface area contributed by atoms with Gasteiger partial charge in [-0.2, -0.15) is 10.5 Å². The van der Waals surface area contributed by atoms with Crippen molar-refractivity contribution in [1.82, 2.24) is 5.32 Å². The van der Waals surface area contributed by atoms with Crippen molar-refractivity contribution >= 4 is 11.9 Å². The summed E-state index contributed by atoms with van der Waals surface area (Å²) in [5, 5.41) is 29.3. The number of nitrogens with zero attached hydrogens (tertiary/aromatic N) is 2. The predicted molar refractivity (Wildman–Crippen MR) is 91.3 cm³/mol. The van der Waals surface area contributed by atoms with Crippen LogP contribution in [0.1, 0.15) is 27.9 Å². The van der Waals surface area contributed by atoms with Crippen molar-refractivity contribution in [2.75, 3.05) is 6.61 Å². The zero-order valence-corrected chi connectivity index (χ0v) is 13.7. The minimum atomic E-state index is -1.08. The number of nitriles is 2. The third-order valence-corrected chi connectivity index (χ3v) is 3.45. The lowest BCUT2D eigenvalue weighted by Crippen LogP contribution is -2.40. The van der Waals surface area contributed by atoms with Gasteiger partial charge in [0, 0.05) is 5.56 Å². The summed E-state index contributed by atoms with van der Waals surface area (Å²) in [6.07, 6.45) is -0.319. The van der Waals surface area contributed by atoms with E-state index in [0.29, 0.717) is 22.4 Å². The summed E-state index contributed by atoms with van der Waals surface area (Å²) in [5.74, 6) is -1.13. The van der Waals surface area contributed by atoms with Crippen LogP contribution in [0.25, 0.3) is 0 Å². The molecule has 0 saturated heterocycles. The molecule has 0 heterocycles. The third kappa shape index (κ3) is 5.36. The molecule has 1 atom stereocenters. The average Bonchev–Trinajstić information content (AvgIpc) is 2.66. The Hall–Kier alpha value is -3.84. The number of carbonyl (C=O) groups is 2. The molecule has 0 aliphatic rings. The average molecular weight is 349 g/mol. The van der Waals surface area contributed by atoms with Crippen LogP contribution in [0, 0.1) is 22.7 Å². The Morgan fingerprint density at radius 2 is 1.77 bits per heavy atom. The minimum Gasteiger partial charge on any atom is -0.491 e. The molecule has 0 aromatic heterocycles. The Morgan fingerprint density at radius 1 is 1.08 bits per heavy atom. The Labute approximate surface area is 150 Å².